The predicted octanol–water partition coefficient (Wildman–Crippen LogP) is 4.19. The van der Waals surface area contributed by atoms with Gasteiger partial charge in [0.2, 0.25) is 0 Å². The van der Waals surface area contributed by atoms with Crippen LogP contribution >= 0.6 is 0 Å². The number of esters is 1. The predicted molar refractivity (Wildman–Crippen MR) is 113 cm³/mol. The lowest BCUT2D eigenvalue weighted by molar-refractivity contribution is -0.139. The monoisotopic (exact) mass is 413 g/mol. The summed E-state index contributed by atoms with van der Waals surface area (Å²) in [6, 6.07) is 4.83. The number of benzene rings is 1. The van der Waals surface area contributed by atoms with E-state index >= 15 is 0 Å². The van der Waals surface area contributed by atoms with E-state index in [0.29, 0.717) is 30.1 Å². The van der Waals surface area contributed by atoms with Crippen molar-refractivity contribution in [1.29, 1.82) is 0 Å². The number of carbonyl (C=O) groups is 2. The van der Waals surface area contributed by atoms with Crippen molar-refractivity contribution in [3.63, 3.8) is 0 Å². The number of hydrogen-bond acceptors (Lipinski definition) is 5. The maximum atomic E-state index is 11.7. The van der Waals surface area contributed by atoms with Crippen molar-refractivity contribution in [1.82, 2.24) is 5.32 Å². The van der Waals surface area contributed by atoms with Crippen molar-refractivity contribution in [2.75, 3.05) is 13.2 Å². The zero-order valence-electron chi connectivity index (χ0n) is 17.6. The third-order valence-corrected chi connectivity index (χ3v) is 6.83. The van der Waals surface area contributed by atoms with Crippen LogP contribution in [0.3, 0.4) is 0 Å². The van der Waals surface area contributed by atoms with Crippen molar-refractivity contribution in [2.45, 2.75) is 70.3 Å². The molecule has 30 heavy (non-hydrogen) atoms. The van der Waals surface area contributed by atoms with Crippen LogP contribution in [0.5, 0.6) is 11.5 Å². The third-order valence-electron chi connectivity index (χ3n) is 6.83. The fourth-order valence-corrected chi connectivity index (χ4v) is 5.43. The van der Waals surface area contributed by atoms with Gasteiger partial charge in [0.1, 0.15) is 12.6 Å². The molecule has 1 aromatic carbocycles. The fraction of sp³-hybridized carbons (Fsp3) is 0.583. The molecule has 2 fully saturated rings. The van der Waals surface area contributed by atoms with Gasteiger partial charge in [-0.3, -0.25) is 9.59 Å². The molecular formula is C24H31NO5. The molecule has 6 heteroatoms. The van der Waals surface area contributed by atoms with E-state index in [4.69, 9.17) is 9.47 Å². The molecule has 1 saturated carbocycles. The lowest BCUT2D eigenvalue weighted by atomic mass is 9.75. The van der Waals surface area contributed by atoms with Gasteiger partial charge in [0.05, 0.1) is 0 Å². The Hall–Kier alpha value is -2.34. The minimum absolute atomic E-state index is 0.158. The average Bonchev–Trinajstić information content (AvgIpc) is 3.37. The molecule has 6 nitrogen and oxygen atoms in total. The van der Waals surface area contributed by atoms with Crippen LogP contribution in [-0.4, -0.2) is 36.2 Å². The number of allylic oxidation sites excluding steroid dienone is 1. The molecule has 1 heterocycles. The molecule has 1 aliphatic heterocycles. The summed E-state index contributed by atoms with van der Waals surface area (Å²) in [7, 11) is 0. The van der Waals surface area contributed by atoms with Crippen LogP contribution in [0.15, 0.2) is 29.8 Å². The number of nitrogens with one attached hydrogen (secondary N) is 1. The second-order valence-corrected chi connectivity index (χ2v) is 8.98. The van der Waals surface area contributed by atoms with Crippen LogP contribution in [0.2, 0.25) is 0 Å². The first kappa shape index (κ1) is 20.9. The van der Waals surface area contributed by atoms with Crippen molar-refractivity contribution in [3.05, 3.63) is 35.4 Å². The molecule has 4 rings (SSSR count). The summed E-state index contributed by atoms with van der Waals surface area (Å²) in [6.07, 6.45) is 11.9. The number of aliphatic carboxylic acids is 1. The van der Waals surface area contributed by atoms with E-state index in [1.807, 2.05) is 6.07 Å². The SMILES string of the molecule is CC(=O)Oc1cc(C2CCNC2C(=O)O)ccc1OCC1=CC2(CCCC2)CCC1. The van der Waals surface area contributed by atoms with Gasteiger partial charge in [0.25, 0.3) is 0 Å². The Bertz CT molecular complexity index is 840. The highest BCUT2D eigenvalue weighted by Gasteiger charge is 2.35. The van der Waals surface area contributed by atoms with Gasteiger partial charge in [-0.1, -0.05) is 25.0 Å². The molecule has 2 aliphatic carbocycles. The first-order valence-electron chi connectivity index (χ1n) is 11.1. The van der Waals surface area contributed by atoms with Gasteiger partial charge in [-0.2, -0.15) is 0 Å². The third kappa shape index (κ3) is 4.53. The maximum Gasteiger partial charge on any atom is 0.321 e. The number of carboxylic acid groups (broad SMARTS) is 1. The summed E-state index contributed by atoms with van der Waals surface area (Å²) in [6.45, 7) is 2.51. The standard InChI is InChI=1S/C24H31NO5/c1-16(26)30-21-13-18(19-8-12-25-22(19)23(27)28)6-7-20(21)29-15-17-5-4-11-24(14-17)9-2-3-10-24/h6-7,13-14,19,22,25H,2-5,8-12,15H2,1H3,(H,27,28). The molecule has 2 atom stereocenters. The molecule has 1 spiro atoms. The van der Waals surface area contributed by atoms with Crippen molar-refractivity contribution >= 4 is 11.9 Å². The Morgan fingerprint density at radius 1 is 1.17 bits per heavy atom. The van der Waals surface area contributed by atoms with Gasteiger partial charge < -0.3 is 19.9 Å². The second kappa shape index (κ2) is 8.80. The van der Waals surface area contributed by atoms with Gasteiger partial charge in [-0.15, -0.1) is 0 Å². The van der Waals surface area contributed by atoms with Crippen molar-refractivity contribution < 1.29 is 24.2 Å². The summed E-state index contributed by atoms with van der Waals surface area (Å²) in [4.78, 5) is 23.2. The molecule has 2 unspecified atom stereocenters. The van der Waals surface area contributed by atoms with E-state index in [1.54, 1.807) is 12.1 Å². The van der Waals surface area contributed by atoms with Crippen LogP contribution in [-0.2, 0) is 9.59 Å². The molecule has 162 valence electrons. The van der Waals surface area contributed by atoms with E-state index in [0.717, 1.165) is 18.4 Å². The first-order chi connectivity index (χ1) is 14.5. The number of hydrogen-bond donors (Lipinski definition) is 2. The van der Waals surface area contributed by atoms with Crippen molar-refractivity contribution in [3.8, 4) is 11.5 Å². The van der Waals surface area contributed by atoms with E-state index in [9.17, 15) is 14.7 Å². The zero-order valence-corrected chi connectivity index (χ0v) is 17.6. The lowest BCUT2D eigenvalue weighted by Crippen LogP contribution is -2.34. The molecule has 2 N–H and O–H groups in total. The highest BCUT2D eigenvalue weighted by atomic mass is 16.6. The Balaban J connectivity index is 1.52. The van der Waals surface area contributed by atoms with Crippen LogP contribution in [0, 0.1) is 5.41 Å². The van der Waals surface area contributed by atoms with E-state index in [-0.39, 0.29) is 5.92 Å². The second-order valence-electron chi connectivity index (χ2n) is 8.98. The topological polar surface area (TPSA) is 84.9 Å². The van der Waals surface area contributed by atoms with Crippen LogP contribution < -0.4 is 14.8 Å². The Morgan fingerprint density at radius 2 is 1.93 bits per heavy atom. The van der Waals surface area contributed by atoms with E-state index in [1.165, 1.54) is 51.0 Å². The minimum Gasteiger partial charge on any atom is -0.485 e. The maximum absolute atomic E-state index is 11.7. The molecular weight excluding hydrogens is 382 g/mol. The molecule has 0 aromatic heterocycles. The molecule has 0 radical (unpaired) electrons. The molecule has 1 saturated heterocycles. The molecule has 0 amide bonds. The van der Waals surface area contributed by atoms with Gasteiger partial charge in [-0.25, -0.2) is 0 Å². The van der Waals surface area contributed by atoms with Gasteiger partial charge in [-0.05, 0) is 73.8 Å². The highest BCUT2D eigenvalue weighted by molar-refractivity contribution is 5.76. The summed E-state index contributed by atoms with van der Waals surface area (Å²) in [5.74, 6) is -0.550. The first-order valence-corrected chi connectivity index (χ1v) is 11.1. The highest BCUT2D eigenvalue weighted by Crippen LogP contribution is 2.47. The smallest absolute Gasteiger partial charge is 0.321 e. The minimum atomic E-state index is -0.864. The quantitative estimate of drug-likeness (QED) is 0.413. The normalized spacial score (nSPS) is 25.2. The van der Waals surface area contributed by atoms with Crippen LogP contribution in [0.25, 0.3) is 0 Å². The van der Waals surface area contributed by atoms with Gasteiger partial charge >= 0.3 is 11.9 Å². The number of rotatable bonds is 6. The number of carboxylic acids is 1. The Kier molecular flexibility index (Phi) is 6.14. The lowest BCUT2D eigenvalue weighted by Gasteiger charge is -2.31. The van der Waals surface area contributed by atoms with Crippen LogP contribution in [0.4, 0.5) is 0 Å². The Morgan fingerprint density at radius 3 is 2.67 bits per heavy atom. The van der Waals surface area contributed by atoms with E-state index in [2.05, 4.69) is 11.4 Å². The van der Waals surface area contributed by atoms with Gasteiger partial charge in [0, 0.05) is 12.8 Å². The summed E-state index contributed by atoms with van der Waals surface area (Å²) in [5.41, 5.74) is 2.55. The molecule has 1 aromatic rings. The molecule has 3 aliphatic rings. The zero-order chi connectivity index (χ0) is 21.1. The fourth-order valence-electron chi connectivity index (χ4n) is 5.43. The van der Waals surface area contributed by atoms with E-state index < -0.39 is 18.0 Å². The van der Waals surface area contributed by atoms with Crippen molar-refractivity contribution in [2.24, 2.45) is 5.41 Å². The molecule has 0 bridgehead atoms. The number of ether oxygens (including phenoxy) is 2. The average molecular weight is 414 g/mol. The van der Waals surface area contributed by atoms with Crippen LogP contribution in [0.1, 0.15) is 69.8 Å². The van der Waals surface area contributed by atoms with Gasteiger partial charge in [0.15, 0.2) is 11.5 Å². The largest absolute Gasteiger partial charge is 0.485 e. The summed E-state index contributed by atoms with van der Waals surface area (Å²) < 4.78 is 11.5. The number of carbonyl (C=O) groups excluding carboxylic acids is 1. The summed E-state index contributed by atoms with van der Waals surface area (Å²) >= 11 is 0. The summed E-state index contributed by atoms with van der Waals surface area (Å²) in [5, 5.41) is 12.5. The Labute approximate surface area is 177 Å².